The van der Waals surface area contributed by atoms with Crippen molar-refractivity contribution in [1.29, 1.82) is 0 Å². The molecular formula is C69H135NO10. The van der Waals surface area contributed by atoms with Crippen LogP contribution in [0.15, 0.2) is 12.2 Å². The number of carbonyl (C=O) groups is 1. The van der Waals surface area contributed by atoms with Crippen LogP contribution in [0.25, 0.3) is 0 Å². The lowest BCUT2D eigenvalue weighted by Gasteiger charge is -2.40. The Hall–Kier alpha value is -1.15. The van der Waals surface area contributed by atoms with Crippen LogP contribution in [0.2, 0.25) is 0 Å². The zero-order valence-electron chi connectivity index (χ0n) is 52.6. The molecule has 0 aliphatic carbocycles. The van der Waals surface area contributed by atoms with Crippen LogP contribution < -0.4 is 5.32 Å². The van der Waals surface area contributed by atoms with Crippen molar-refractivity contribution in [3.05, 3.63) is 12.2 Å². The van der Waals surface area contributed by atoms with E-state index in [-0.39, 0.29) is 6.42 Å². The molecule has 476 valence electrons. The van der Waals surface area contributed by atoms with Crippen molar-refractivity contribution in [1.82, 2.24) is 5.32 Å². The van der Waals surface area contributed by atoms with Crippen LogP contribution in [0.3, 0.4) is 0 Å². The Morgan fingerprint density at radius 2 is 0.725 bits per heavy atom. The molecule has 9 atom stereocenters. The lowest BCUT2D eigenvalue weighted by molar-refractivity contribution is -0.303. The quantitative estimate of drug-likeness (QED) is 0.0215. The molecular weight excluding hydrogens is 1000 g/mol. The van der Waals surface area contributed by atoms with Crippen LogP contribution in [0.5, 0.6) is 0 Å². The molecule has 1 aliphatic rings. The van der Waals surface area contributed by atoms with E-state index in [2.05, 4.69) is 31.3 Å². The highest BCUT2D eigenvalue weighted by Crippen LogP contribution is 2.24. The van der Waals surface area contributed by atoms with Crippen LogP contribution in [0, 0.1) is 0 Å². The topological polar surface area (TPSA) is 189 Å². The van der Waals surface area contributed by atoms with E-state index in [1.54, 1.807) is 0 Å². The van der Waals surface area contributed by atoms with Gasteiger partial charge in [-0.1, -0.05) is 328 Å². The first-order valence-electron chi connectivity index (χ1n) is 35.1. The van der Waals surface area contributed by atoms with Crippen molar-refractivity contribution in [3.63, 3.8) is 0 Å². The molecule has 0 bridgehead atoms. The molecule has 0 spiro atoms. The van der Waals surface area contributed by atoms with Gasteiger partial charge < -0.3 is 50.5 Å². The Bertz CT molecular complexity index is 1310. The van der Waals surface area contributed by atoms with Gasteiger partial charge in [-0.2, -0.15) is 0 Å². The van der Waals surface area contributed by atoms with Gasteiger partial charge in [0.1, 0.15) is 36.6 Å². The Morgan fingerprint density at radius 3 is 1.05 bits per heavy atom. The largest absolute Gasteiger partial charge is 0.394 e. The fourth-order valence-electron chi connectivity index (χ4n) is 11.7. The standard InChI is InChI=1S/C69H135NO10/c1-3-5-7-9-11-13-15-17-19-21-23-25-27-29-30-31-33-34-36-38-40-42-44-46-48-50-52-54-56-61(72)64(74)60(59-79-69-67(77)66(76)65(75)63(58-71)80-69)70-68(78)62(73)57-55-53-51-49-47-45-43-41-39-37-35-32-28-26-24-22-20-18-16-14-12-10-8-6-4-2/h32,35,60-67,69,71-77H,3-31,33-34,36-59H2,1-2H3,(H,70,78)/b35-32-. The zero-order chi connectivity index (χ0) is 58.2. The second-order valence-electron chi connectivity index (χ2n) is 25.0. The van der Waals surface area contributed by atoms with Gasteiger partial charge in [-0.05, 0) is 38.5 Å². The highest BCUT2D eigenvalue weighted by molar-refractivity contribution is 5.80. The zero-order valence-corrected chi connectivity index (χ0v) is 52.6. The third-order valence-electron chi connectivity index (χ3n) is 17.3. The minimum Gasteiger partial charge on any atom is -0.394 e. The third kappa shape index (κ3) is 45.2. The van der Waals surface area contributed by atoms with Gasteiger partial charge in [0.25, 0.3) is 0 Å². The van der Waals surface area contributed by atoms with Crippen molar-refractivity contribution in [3.8, 4) is 0 Å². The van der Waals surface area contributed by atoms with Crippen molar-refractivity contribution >= 4 is 5.91 Å². The van der Waals surface area contributed by atoms with Crippen LogP contribution in [0.1, 0.15) is 354 Å². The number of hydrogen-bond donors (Lipinski definition) is 8. The molecule has 0 radical (unpaired) electrons. The summed E-state index contributed by atoms with van der Waals surface area (Å²) in [4.78, 5) is 13.2. The molecule has 0 saturated carbocycles. The second-order valence-corrected chi connectivity index (χ2v) is 25.0. The smallest absolute Gasteiger partial charge is 0.249 e. The summed E-state index contributed by atoms with van der Waals surface area (Å²) >= 11 is 0. The van der Waals surface area contributed by atoms with Crippen LogP contribution >= 0.6 is 0 Å². The molecule has 0 aromatic rings. The molecule has 1 saturated heterocycles. The van der Waals surface area contributed by atoms with Crippen LogP contribution in [0.4, 0.5) is 0 Å². The number of amides is 1. The summed E-state index contributed by atoms with van der Waals surface area (Å²) in [6.45, 7) is 3.52. The van der Waals surface area contributed by atoms with E-state index in [9.17, 15) is 40.5 Å². The highest BCUT2D eigenvalue weighted by Gasteiger charge is 2.44. The van der Waals surface area contributed by atoms with Crippen molar-refractivity contribution in [2.24, 2.45) is 0 Å². The summed E-state index contributed by atoms with van der Waals surface area (Å²) in [5, 5.41) is 76.5. The number of allylic oxidation sites excluding steroid dienone is 2. The molecule has 80 heavy (non-hydrogen) atoms. The fourth-order valence-corrected chi connectivity index (χ4v) is 11.7. The average molecular weight is 1140 g/mol. The van der Waals surface area contributed by atoms with Gasteiger partial charge in [-0.25, -0.2) is 0 Å². The van der Waals surface area contributed by atoms with Gasteiger partial charge in [0, 0.05) is 0 Å². The SMILES string of the molecule is CCCCCCCCCCCCCC/C=C\CCCCCCCCCCCC(O)C(=O)NC(COC1OC(CO)C(O)C(O)C1O)C(O)C(O)CCCCCCCCCCCCCCCCCCCCCCCCCCCCCC. The number of hydrogen-bond acceptors (Lipinski definition) is 10. The summed E-state index contributed by atoms with van der Waals surface area (Å²) in [5.41, 5.74) is 0. The van der Waals surface area contributed by atoms with Gasteiger partial charge in [-0.15, -0.1) is 0 Å². The summed E-state index contributed by atoms with van der Waals surface area (Å²) in [5.74, 6) is -0.691. The summed E-state index contributed by atoms with van der Waals surface area (Å²) in [6.07, 6.45) is 60.0. The van der Waals surface area contributed by atoms with E-state index >= 15 is 0 Å². The fraction of sp³-hybridized carbons (Fsp3) is 0.957. The number of aliphatic hydroxyl groups excluding tert-OH is 7. The van der Waals surface area contributed by atoms with E-state index in [0.29, 0.717) is 19.3 Å². The number of aliphatic hydroxyl groups is 7. The van der Waals surface area contributed by atoms with E-state index in [1.807, 2.05) is 0 Å². The average Bonchev–Trinajstić information content (AvgIpc) is 3.47. The van der Waals surface area contributed by atoms with Gasteiger partial charge in [0.15, 0.2) is 6.29 Å². The normalized spacial score (nSPS) is 19.2. The first-order valence-corrected chi connectivity index (χ1v) is 35.1. The van der Waals surface area contributed by atoms with Gasteiger partial charge in [0.05, 0.1) is 25.4 Å². The molecule has 1 aliphatic heterocycles. The Labute approximate surface area is 493 Å². The van der Waals surface area contributed by atoms with Crippen molar-refractivity contribution in [2.75, 3.05) is 13.2 Å². The predicted octanol–water partition coefficient (Wildman–Crippen LogP) is 16.6. The molecule has 11 heteroatoms. The summed E-state index contributed by atoms with van der Waals surface area (Å²) in [7, 11) is 0. The molecule has 0 aromatic carbocycles. The summed E-state index contributed by atoms with van der Waals surface area (Å²) in [6, 6.07) is -1.17. The number of ether oxygens (including phenoxy) is 2. The van der Waals surface area contributed by atoms with E-state index in [0.717, 1.165) is 38.5 Å². The molecule has 11 nitrogen and oxygen atoms in total. The molecule has 1 rings (SSSR count). The molecule has 9 unspecified atom stereocenters. The molecule has 1 amide bonds. The Balaban J connectivity index is 2.20. The molecule has 1 fully saturated rings. The van der Waals surface area contributed by atoms with Gasteiger partial charge >= 0.3 is 0 Å². The number of unbranched alkanes of at least 4 members (excludes halogenated alkanes) is 48. The number of nitrogens with one attached hydrogen (secondary N) is 1. The monoisotopic (exact) mass is 1140 g/mol. The van der Waals surface area contributed by atoms with Crippen molar-refractivity contribution in [2.45, 2.75) is 409 Å². The Morgan fingerprint density at radius 1 is 0.425 bits per heavy atom. The highest BCUT2D eigenvalue weighted by atomic mass is 16.7. The van der Waals surface area contributed by atoms with Gasteiger partial charge in [0.2, 0.25) is 5.91 Å². The van der Waals surface area contributed by atoms with E-state index in [4.69, 9.17) is 9.47 Å². The minimum absolute atomic E-state index is 0.261. The second kappa shape index (κ2) is 58.2. The third-order valence-corrected chi connectivity index (χ3v) is 17.3. The van der Waals surface area contributed by atoms with E-state index in [1.165, 1.54) is 276 Å². The number of carbonyl (C=O) groups excluding carboxylic acids is 1. The summed E-state index contributed by atoms with van der Waals surface area (Å²) < 4.78 is 11.2. The van der Waals surface area contributed by atoms with Crippen LogP contribution in [-0.2, 0) is 14.3 Å². The van der Waals surface area contributed by atoms with Gasteiger partial charge in [-0.3, -0.25) is 4.79 Å². The van der Waals surface area contributed by atoms with E-state index < -0.39 is 74.2 Å². The molecule has 8 N–H and O–H groups in total. The maximum Gasteiger partial charge on any atom is 0.249 e. The lowest BCUT2D eigenvalue weighted by Crippen LogP contribution is -2.60. The maximum atomic E-state index is 13.2. The van der Waals surface area contributed by atoms with Crippen LogP contribution in [-0.4, -0.2) is 110 Å². The first kappa shape index (κ1) is 76.9. The predicted molar refractivity (Wildman–Crippen MR) is 335 cm³/mol. The Kier molecular flexibility index (Phi) is 56.0. The molecule has 1 heterocycles. The number of rotatable bonds is 62. The minimum atomic E-state index is -1.66. The van der Waals surface area contributed by atoms with Crippen molar-refractivity contribution < 1.29 is 50.0 Å². The lowest BCUT2D eigenvalue weighted by atomic mass is 9.98. The maximum absolute atomic E-state index is 13.2. The molecule has 0 aromatic heterocycles. The first-order chi connectivity index (χ1) is 39.2.